The maximum Gasteiger partial charge on any atom is 0.233 e. The van der Waals surface area contributed by atoms with Gasteiger partial charge in [0.25, 0.3) is 0 Å². The summed E-state index contributed by atoms with van der Waals surface area (Å²) >= 11 is 7.48. The molecule has 1 aliphatic heterocycles. The lowest BCUT2D eigenvalue weighted by Gasteiger charge is -2.46. The molecule has 0 spiro atoms. The molecule has 0 aromatic heterocycles. The first-order valence-corrected chi connectivity index (χ1v) is 7.78. The van der Waals surface area contributed by atoms with Gasteiger partial charge in [0.15, 0.2) is 0 Å². The first-order valence-electron chi connectivity index (χ1n) is 6.41. The number of likely N-dealkylation sites (tertiary alicyclic amines) is 1. The minimum Gasteiger partial charge on any atom is -0.386 e. The van der Waals surface area contributed by atoms with Gasteiger partial charge in [0.2, 0.25) is 5.91 Å². The zero-order chi connectivity index (χ0) is 13.9. The standard InChI is InChI=1S/C14H18ClNO2S/c1-2-7-14(18)9-16(10-14)13(17)8-19-12-6-4-3-5-11(12)15/h3-6,18H,2,7-10H2,1H3. The molecule has 1 aromatic carbocycles. The predicted octanol–water partition coefficient (Wildman–Crippen LogP) is 2.81. The van der Waals surface area contributed by atoms with Crippen molar-refractivity contribution >= 4 is 29.3 Å². The lowest BCUT2D eigenvalue weighted by atomic mass is 9.89. The van der Waals surface area contributed by atoms with Crippen LogP contribution in [0.15, 0.2) is 29.2 Å². The molecule has 2 rings (SSSR count). The molecule has 0 radical (unpaired) electrons. The summed E-state index contributed by atoms with van der Waals surface area (Å²) in [7, 11) is 0. The Morgan fingerprint density at radius 3 is 2.79 bits per heavy atom. The molecule has 19 heavy (non-hydrogen) atoms. The highest BCUT2D eigenvalue weighted by Gasteiger charge is 2.42. The van der Waals surface area contributed by atoms with E-state index in [2.05, 4.69) is 0 Å². The van der Waals surface area contributed by atoms with Crippen LogP contribution in [-0.2, 0) is 4.79 Å². The third kappa shape index (κ3) is 3.65. The summed E-state index contributed by atoms with van der Waals surface area (Å²) in [5, 5.41) is 10.7. The molecule has 104 valence electrons. The van der Waals surface area contributed by atoms with Crippen molar-refractivity contribution in [3.63, 3.8) is 0 Å². The van der Waals surface area contributed by atoms with Gasteiger partial charge in [-0.25, -0.2) is 0 Å². The van der Waals surface area contributed by atoms with Gasteiger partial charge in [-0.15, -0.1) is 11.8 Å². The largest absolute Gasteiger partial charge is 0.386 e. The van der Waals surface area contributed by atoms with Gasteiger partial charge in [-0.1, -0.05) is 37.1 Å². The smallest absolute Gasteiger partial charge is 0.233 e. The number of nitrogens with zero attached hydrogens (tertiary/aromatic N) is 1. The van der Waals surface area contributed by atoms with Crippen molar-refractivity contribution in [2.45, 2.75) is 30.3 Å². The van der Waals surface area contributed by atoms with Crippen molar-refractivity contribution in [3.05, 3.63) is 29.3 Å². The maximum atomic E-state index is 12.0. The molecule has 1 saturated heterocycles. The number of benzene rings is 1. The van der Waals surface area contributed by atoms with Crippen LogP contribution in [0.2, 0.25) is 5.02 Å². The van der Waals surface area contributed by atoms with E-state index in [0.717, 1.165) is 17.7 Å². The minimum atomic E-state index is -0.653. The Morgan fingerprint density at radius 2 is 2.16 bits per heavy atom. The molecule has 1 heterocycles. The minimum absolute atomic E-state index is 0.0608. The summed E-state index contributed by atoms with van der Waals surface area (Å²) in [6, 6.07) is 7.50. The fourth-order valence-corrected chi connectivity index (χ4v) is 3.40. The second-order valence-electron chi connectivity index (χ2n) is 4.94. The maximum absolute atomic E-state index is 12.0. The molecule has 1 N–H and O–H groups in total. The Bertz CT molecular complexity index is 461. The van der Waals surface area contributed by atoms with E-state index in [9.17, 15) is 9.90 Å². The van der Waals surface area contributed by atoms with E-state index in [0.29, 0.717) is 23.9 Å². The number of hydrogen-bond acceptors (Lipinski definition) is 3. The SMILES string of the molecule is CCCC1(O)CN(C(=O)CSc2ccccc2Cl)C1. The van der Waals surface area contributed by atoms with E-state index in [1.54, 1.807) is 4.90 Å². The van der Waals surface area contributed by atoms with Crippen LogP contribution in [0.25, 0.3) is 0 Å². The molecular formula is C14H18ClNO2S. The summed E-state index contributed by atoms with van der Waals surface area (Å²) in [5.74, 6) is 0.428. The van der Waals surface area contributed by atoms with E-state index in [4.69, 9.17) is 11.6 Å². The topological polar surface area (TPSA) is 40.5 Å². The lowest BCUT2D eigenvalue weighted by molar-refractivity contribution is -0.153. The monoisotopic (exact) mass is 299 g/mol. The molecule has 0 saturated carbocycles. The molecule has 0 unspecified atom stereocenters. The Morgan fingerprint density at radius 1 is 1.47 bits per heavy atom. The Hall–Kier alpha value is -0.710. The quantitative estimate of drug-likeness (QED) is 0.850. The van der Waals surface area contributed by atoms with Gasteiger partial charge in [-0.05, 0) is 18.6 Å². The van der Waals surface area contributed by atoms with Crippen LogP contribution in [0.4, 0.5) is 0 Å². The van der Waals surface area contributed by atoms with Crippen LogP contribution in [0, 0.1) is 0 Å². The number of carbonyl (C=O) groups is 1. The Kier molecular flexibility index (Phi) is 4.76. The molecule has 0 bridgehead atoms. The molecule has 1 fully saturated rings. The van der Waals surface area contributed by atoms with Crippen molar-refractivity contribution in [1.29, 1.82) is 0 Å². The molecule has 0 aliphatic carbocycles. The third-order valence-corrected chi connectivity index (χ3v) is 4.73. The highest BCUT2D eigenvalue weighted by Crippen LogP contribution is 2.29. The fraction of sp³-hybridized carbons (Fsp3) is 0.500. The van der Waals surface area contributed by atoms with E-state index in [-0.39, 0.29) is 5.91 Å². The van der Waals surface area contributed by atoms with Crippen molar-refractivity contribution in [2.24, 2.45) is 0 Å². The van der Waals surface area contributed by atoms with Crippen molar-refractivity contribution in [2.75, 3.05) is 18.8 Å². The molecule has 1 aromatic rings. The summed E-state index contributed by atoms with van der Waals surface area (Å²) < 4.78 is 0. The van der Waals surface area contributed by atoms with Gasteiger partial charge in [-0.2, -0.15) is 0 Å². The molecule has 5 heteroatoms. The number of aliphatic hydroxyl groups is 1. The van der Waals surface area contributed by atoms with E-state index in [1.807, 2.05) is 31.2 Å². The van der Waals surface area contributed by atoms with Crippen LogP contribution < -0.4 is 0 Å². The van der Waals surface area contributed by atoms with Crippen molar-refractivity contribution < 1.29 is 9.90 Å². The number of carbonyl (C=O) groups excluding carboxylic acids is 1. The number of hydrogen-bond donors (Lipinski definition) is 1. The average Bonchev–Trinajstić information content (AvgIpc) is 2.35. The van der Waals surface area contributed by atoms with Gasteiger partial charge >= 0.3 is 0 Å². The summed E-state index contributed by atoms with van der Waals surface area (Å²) in [5.41, 5.74) is -0.653. The van der Waals surface area contributed by atoms with Crippen LogP contribution in [0.3, 0.4) is 0 Å². The van der Waals surface area contributed by atoms with Crippen molar-refractivity contribution in [1.82, 2.24) is 4.90 Å². The number of thioether (sulfide) groups is 1. The van der Waals surface area contributed by atoms with E-state index < -0.39 is 5.60 Å². The first kappa shape index (κ1) is 14.7. The summed E-state index contributed by atoms with van der Waals surface area (Å²) in [6.45, 7) is 2.96. The second kappa shape index (κ2) is 6.16. The molecule has 0 atom stereocenters. The van der Waals surface area contributed by atoms with Gasteiger partial charge in [0.05, 0.1) is 29.5 Å². The Balaban J connectivity index is 1.79. The number of β-amino-alcohol motifs (C(OH)–C–C–N with tert-alkyl or cyclic N) is 1. The van der Waals surface area contributed by atoms with Gasteiger partial charge in [-0.3, -0.25) is 4.79 Å². The average molecular weight is 300 g/mol. The van der Waals surface area contributed by atoms with Crippen LogP contribution in [0.1, 0.15) is 19.8 Å². The predicted molar refractivity (Wildman–Crippen MR) is 78.6 cm³/mol. The van der Waals surface area contributed by atoms with Gasteiger partial charge < -0.3 is 10.0 Å². The summed E-state index contributed by atoms with van der Waals surface area (Å²) in [4.78, 5) is 14.6. The van der Waals surface area contributed by atoms with E-state index >= 15 is 0 Å². The van der Waals surface area contributed by atoms with Crippen LogP contribution in [0.5, 0.6) is 0 Å². The molecular weight excluding hydrogens is 282 g/mol. The zero-order valence-electron chi connectivity index (χ0n) is 10.9. The number of halogens is 1. The van der Waals surface area contributed by atoms with Gasteiger partial charge in [0.1, 0.15) is 0 Å². The molecule has 1 amide bonds. The lowest BCUT2D eigenvalue weighted by Crippen LogP contribution is -2.63. The molecule has 3 nitrogen and oxygen atoms in total. The highest BCUT2D eigenvalue weighted by atomic mass is 35.5. The second-order valence-corrected chi connectivity index (χ2v) is 6.37. The number of amides is 1. The van der Waals surface area contributed by atoms with E-state index in [1.165, 1.54) is 11.8 Å². The zero-order valence-corrected chi connectivity index (χ0v) is 12.5. The summed E-state index contributed by atoms with van der Waals surface area (Å²) in [6.07, 6.45) is 1.70. The molecule has 1 aliphatic rings. The van der Waals surface area contributed by atoms with Crippen molar-refractivity contribution in [3.8, 4) is 0 Å². The van der Waals surface area contributed by atoms with Gasteiger partial charge in [0, 0.05) is 4.90 Å². The van der Waals surface area contributed by atoms with Crippen LogP contribution >= 0.6 is 23.4 Å². The fourth-order valence-electron chi connectivity index (χ4n) is 2.26. The normalized spacial score (nSPS) is 17.1. The van der Waals surface area contributed by atoms with Crippen LogP contribution in [-0.4, -0.2) is 40.4 Å². The Labute approximate surface area is 122 Å². The number of rotatable bonds is 5. The first-order chi connectivity index (χ1) is 9.04. The highest BCUT2D eigenvalue weighted by molar-refractivity contribution is 8.00. The third-order valence-electron chi connectivity index (χ3n) is 3.23.